The molecular weight excluding hydrogens is 258 g/mol. The summed E-state index contributed by atoms with van der Waals surface area (Å²) in [5, 5.41) is 3.74. The van der Waals surface area contributed by atoms with Gasteiger partial charge < -0.3 is 10.2 Å². The Hall–Kier alpha value is -0.120. The molecule has 1 saturated heterocycles. The smallest absolute Gasteiger partial charge is 0.0218 e. The molecule has 1 heterocycles. The molecule has 2 fully saturated rings. The van der Waals surface area contributed by atoms with E-state index in [0.717, 1.165) is 6.04 Å². The van der Waals surface area contributed by atoms with E-state index in [1.165, 1.54) is 71.2 Å². The minimum atomic E-state index is 0.538. The molecule has 0 radical (unpaired) electrons. The molecule has 0 bridgehead atoms. The fourth-order valence-electron chi connectivity index (χ4n) is 4.18. The van der Waals surface area contributed by atoms with E-state index < -0.39 is 0 Å². The maximum Gasteiger partial charge on any atom is 0.0218 e. The van der Waals surface area contributed by atoms with E-state index >= 15 is 0 Å². The minimum absolute atomic E-state index is 0.538. The molecular formula is C18H37N3. The van der Waals surface area contributed by atoms with Gasteiger partial charge in [-0.25, -0.2) is 0 Å². The van der Waals surface area contributed by atoms with Gasteiger partial charge in [-0.05, 0) is 31.7 Å². The maximum atomic E-state index is 3.74. The van der Waals surface area contributed by atoms with Gasteiger partial charge in [0.15, 0.2) is 0 Å². The second-order valence-electron chi connectivity index (χ2n) is 7.87. The summed E-state index contributed by atoms with van der Waals surface area (Å²) in [6.45, 7) is 13.2. The zero-order chi connectivity index (χ0) is 15.3. The first kappa shape index (κ1) is 17.2. The SMILES string of the molecule is CCC1CN(CC2(CNC(C)C)CCCCC2)CCN1C. The van der Waals surface area contributed by atoms with Crippen molar-refractivity contribution < 1.29 is 0 Å². The summed E-state index contributed by atoms with van der Waals surface area (Å²) in [6, 6.07) is 1.37. The Morgan fingerprint density at radius 3 is 2.48 bits per heavy atom. The summed E-state index contributed by atoms with van der Waals surface area (Å²) in [6.07, 6.45) is 8.45. The number of nitrogens with one attached hydrogen (secondary N) is 1. The van der Waals surface area contributed by atoms with Crippen molar-refractivity contribution in [3.63, 3.8) is 0 Å². The Morgan fingerprint density at radius 2 is 1.86 bits per heavy atom. The molecule has 0 aromatic carbocycles. The summed E-state index contributed by atoms with van der Waals surface area (Å²) in [5.74, 6) is 0. The molecule has 0 aromatic rings. The lowest BCUT2D eigenvalue weighted by Crippen LogP contribution is -2.55. The van der Waals surface area contributed by atoms with Crippen LogP contribution in [-0.2, 0) is 0 Å². The van der Waals surface area contributed by atoms with Gasteiger partial charge in [0.1, 0.15) is 0 Å². The van der Waals surface area contributed by atoms with Gasteiger partial charge in [-0.3, -0.25) is 4.90 Å². The topological polar surface area (TPSA) is 18.5 Å². The van der Waals surface area contributed by atoms with Crippen LogP contribution in [0.25, 0.3) is 0 Å². The summed E-state index contributed by atoms with van der Waals surface area (Å²) in [7, 11) is 2.29. The van der Waals surface area contributed by atoms with Crippen LogP contribution in [-0.4, -0.2) is 61.7 Å². The summed E-state index contributed by atoms with van der Waals surface area (Å²) in [5.41, 5.74) is 0.538. The normalized spacial score (nSPS) is 28.1. The number of likely N-dealkylation sites (N-methyl/N-ethyl adjacent to an activating group) is 1. The van der Waals surface area contributed by atoms with Crippen LogP contribution in [0.2, 0.25) is 0 Å². The highest BCUT2D eigenvalue weighted by atomic mass is 15.3. The van der Waals surface area contributed by atoms with Crippen molar-refractivity contribution in [2.45, 2.75) is 71.4 Å². The summed E-state index contributed by atoms with van der Waals surface area (Å²) >= 11 is 0. The first-order chi connectivity index (χ1) is 10.0. The molecule has 124 valence electrons. The van der Waals surface area contributed by atoms with Gasteiger partial charge in [-0.15, -0.1) is 0 Å². The molecule has 0 aromatic heterocycles. The molecule has 1 aliphatic heterocycles. The van der Waals surface area contributed by atoms with Crippen LogP contribution in [0, 0.1) is 5.41 Å². The summed E-state index contributed by atoms with van der Waals surface area (Å²) < 4.78 is 0. The van der Waals surface area contributed by atoms with Gasteiger partial charge in [0.05, 0.1) is 0 Å². The van der Waals surface area contributed by atoms with E-state index in [0.29, 0.717) is 11.5 Å². The van der Waals surface area contributed by atoms with Crippen molar-refractivity contribution in [1.82, 2.24) is 15.1 Å². The zero-order valence-corrected chi connectivity index (χ0v) is 14.8. The van der Waals surface area contributed by atoms with Crippen LogP contribution in [0.3, 0.4) is 0 Å². The average Bonchev–Trinajstić information content (AvgIpc) is 2.48. The number of hydrogen-bond acceptors (Lipinski definition) is 3. The fraction of sp³-hybridized carbons (Fsp3) is 1.00. The molecule has 2 aliphatic rings. The predicted molar refractivity (Wildman–Crippen MR) is 91.8 cm³/mol. The van der Waals surface area contributed by atoms with Gasteiger partial charge in [0.25, 0.3) is 0 Å². The van der Waals surface area contributed by atoms with Crippen LogP contribution >= 0.6 is 0 Å². The van der Waals surface area contributed by atoms with Crippen LogP contribution < -0.4 is 5.32 Å². The largest absolute Gasteiger partial charge is 0.314 e. The van der Waals surface area contributed by atoms with E-state index in [9.17, 15) is 0 Å². The predicted octanol–water partition coefficient (Wildman–Crippen LogP) is 2.96. The standard InChI is InChI=1S/C18H37N3/c1-5-17-13-21(12-11-20(17)4)15-18(14-19-16(2)3)9-7-6-8-10-18/h16-17,19H,5-15H2,1-4H3. The molecule has 1 atom stereocenters. The first-order valence-electron chi connectivity index (χ1n) is 9.21. The van der Waals surface area contributed by atoms with Gasteiger partial charge in [-0.1, -0.05) is 40.0 Å². The molecule has 0 spiro atoms. The van der Waals surface area contributed by atoms with Gasteiger partial charge >= 0.3 is 0 Å². The van der Waals surface area contributed by atoms with Crippen molar-refractivity contribution in [2.75, 3.05) is 39.8 Å². The van der Waals surface area contributed by atoms with E-state index in [2.05, 4.69) is 42.9 Å². The molecule has 1 unspecified atom stereocenters. The first-order valence-corrected chi connectivity index (χ1v) is 9.21. The lowest BCUT2D eigenvalue weighted by atomic mass is 9.73. The number of rotatable bonds is 6. The monoisotopic (exact) mass is 295 g/mol. The van der Waals surface area contributed by atoms with Crippen molar-refractivity contribution in [3.05, 3.63) is 0 Å². The van der Waals surface area contributed by atoms with E-state index in [1.807, 2.05) is 0 Å². The number of hydrogen-bond donors (Lipinski definition) is 1. The molecule has 0 amide bonds. The molecule has 1 saturated carbocycles. The van der Waals surface area contributed by atoms with Crippen molar-refractivity contribution >= 4 is 0 Å². The van der Waals surface area contributed by atoms with Gasteiger partial charge in [0.2, 0.25) is 0 Å². The molecule has 3 heteroatoms. The third-order valence-corrected chi connectivity index (χ3v) is 5.69. The van der Waals surface area contributed by atoms with Crippen molar-refractivity contribution in [2.24, 2.45) is 5.41 Å². The Bertz CT molecular complexity index is 297. The fourth-order valence-corrected chi connectivity index (χ4v) is 4.18. The van der Waals surface area contributed by atoms with Crippen molar-refractivity contribution in [3.8, 4) is 0 Å². The van der Waals surface area contributed by atoms with E-state index in [1.54, 1.807) is 0 Å². The Morgan fingerprint density at radius 1 is 1.14 bits per heavy atom. The number of piperazine rings is 1. The lowest BCUT2D eigenvalue weighted by Gasteiger charge is -2.46. The maximum absolute atomic E-state index is 3.74. The van der Waals surface area contributed by atoms with Crippen LogP contribution in [0.5, 0.6) is 0 Å². The lowest BCUT2D eigenvalue weighted by molar-refractivity contribution is 0.0398. The highest BCUT2D eigenvalue weighted by molar-refractivity contribution is 4.90. The Labute approximate surface area is 132 Å². The molecule has 1 aliphatic carbocycles. The van der Waals surface area contributed by atoms with E-state index in [-0.39, 0.29) is 0 Å². The van der Waals surface area contributed by atoms with Crippen LogP contribution in [0.4, 0.5) is 0 Å². The highest BCUT2D eigenvalue weighted by Gasteiger charge is 2.35. The Balaban J connectivity index is 1.94. The molecule has 2 rings (SSSR count). The second kappa shape index (κ2) is 7.94. The second-order valence-corrected chi connectivity index (χ2v) is 7.87. The average molecular weight is 296 g/mol. The summed E-state index contributed by atoms with van der Waals surface area (Å²) in [4.78, 5) is 5.32. The minimum Gasteiger partial charge on any atom is -0.314 e. The van der Waals surface area contributed by atoms with Crippen LogP contribution in [0.15, 0.2) is 0 Å². The van der Waals surface area contributed by atoms with Crippen molar-refractivity contribution in [1.29, 1.82) is 0 Å². The zero-order valence-electron chi connectivity index (χ0n) is 14.8. The van der Waals surface area contributed by atoms with Crippen LogP contribution in [0.1, 0.15) is 59.3 Å². The number of nitrogens with zero attached hydrogens (tertiary/aromatic N) is 2. The van der Waals surface area contributed by atoms with E-state index in [4.69, 9.17) is 0 Å². The highest BCUT2D eigenvalue weighted by Crippen LogP contribution is 2.37. The molecule has 3 nitrogen and oxygen atoms in total. The molecule has 1 N–H and O–H groups in total. The molecule has 21 heavy (non-hydrogen) atoms. The third kappa shape index (κ3) is 4.94. The Kier molecular flexibility index (Phi) is 6.51. The van der Waals surface area contributed by atoms with Gasteiger partial charge in [-0.2, -0.15) is 0 Å². The van der Waals surface area contributed by atoms with Gasteiger partial charge in [0, 0.05) is 44.8 Å². The third-order valence-electron chi connectivity index (χ3n) is 5.69. The quantitative estimate of drug-likeness (QED) is 0.813.